The Kier molecular flexibility index (Phi) is 8.13. The summed E-state index contributed by atoms with van der Waals surface area (Å²) < 4.78 is 13.6. The molecule has 1 aliphatic rings. The fourth-order valence-corrected chi connectivity index (χ4v) is 5.02. The summed E-state index contributed by atoms with van der Waals surface area (Å²) in [5.41, 5.74) is 4.87. The summed E-state index contributed by atoms with van der Waals surface area (Å²) in [6.07, 6.45) is 5.29. The normalized spacial score (nSPS) is 16.4. The summed E-state index contributed by atoms with van der Waals surface area (Å²) in [7, 11) is 0. The van der Waals surface area contributed by atoms with Crippen molar-refractivity contribution in [3.63, 3.8) is 0 Å². The lowest BCUT2D eigenvalue weighted by molar-refractivity contribution is -0.136. The monoisotopic (exact) mass is 475 g/mol. The zero-order valence-corrected chi connectivity index (χ0v) is 20.6. The fraction of sp³-hybridized carbons (Fsp3) is 0.379. The molecular weight excluding hydrogens is 441 g/mol. The fourth-order valence-electron chi connectivity index (χ4n) is 5.02. The van der Waals surface area contributed by atoms with Gasteiger partial charge in [0, 0.05) is 44.0 Å². The summed E-state index contributed by atoms with van der Waals surface area (Å²) in [5.74, 6) is -0.0815. The molecule has 2 heterocycles. The summed E-state index contributed by atoms with van der Waals surface area (Å²) in [6.45, 7) is 7.79. The highest BCUT2D eigenvalue weighted by Crippen LogP contribution is 2.26. The zero-order valence-electron chi connectivity index (χ0n) is 20.6. The third-order valence-corrected chi connectivity index (χ3v) is 6.62. The summed E-state index contributed by atoms with van der Waals surface area (Å²) in [4.78, 5) is 20.8. The first-order valence-electron chi connectivity index (χ1n) is 12.4. The quantitative estimate of drug-likeness (QED) is 0.430. The Morgan fingerprint density at radius 2 is 1.91 bits per heavy atom. The number of pyridine rings is 1. The van der Waals surface area contributed by atoms with E-state index >= 15 is 0 Å². The molecule has 1 fully saturated rings. The van der Waals surface area contributed by atoms with Crippen LogP contribution in [-0.4, -0.2) is 46.6 Å². The number of halogens is 1. The highest BCUT2D eigenvalue weighted by molar-refractivity contribution is 5.70. The molecule has 1 N–H and O–H groups in total. The molecule has 1 saturated heterocycles. The minimum Gasteiger partial charge on any atom is -0.481 e. The maximum Gasteiger partial charge on any atom is 0.307 e. The van der Waals surface area contributed by atoms with Crippen molar-refractivity contribution in [2.75, 3.05) is 24.5 Å². The number of piperazine rings is 1. The predicted octanol–water partition coefficient (Wildman–Crippen LogP) is 5.70. The molecule has 0 bridgehead atoms. The zero-order chi connectivity index (χ0) is 24.8. The lowest BCUT2D eigenvalue weighted by atomic mass is 10.0. The van der Waals surface area contributed by atoms with Crippen LogP contribution in [-0.2, 0) is 17.8 Å². The summed E-state index contributed by atoms with van der Waals surface area (Å²) in [5, 5.41) is 9.18. The number of hydrogen-bond donors (Lipinski definition) is 1. The van der Waals surface area contributed by atoms with Crippen LogP contribution < -0.4 is 4.90 Å². The van der Waals surface area contributed by atoms with Crippen LogP contribution in [0.1, 0.15) is 42.9 Å². The highest BCUT2D eigenvalue weighted by atomic mass is 19.1. The van der Waals surface area contributed by atoms with Crippen molar-refractivity contribution in [1.29, 1.82) is 0 Å². The summed E-state index contributed by atoms with van der Waals surface area (Å²) >= 11 is 0. The van der Waals surface area contributed by atoms with Gasteiger partial charge >= 0.3 is 5.97 Å². The van der Waals surface area contributed by atoms with Crippen LogP contribution in [0.4, 0.5) is 10.2 Å². The summed E-state index contributed by atoms with van der Waals surface area (Å²) in [6, 6.07) is 17.2. The molecule has 0 saturated carbocycles. The van der Waals surface area contributed by atoms with Gasteiger partial charge in [0.15, 0.2) is 0 Å². The van der Waals surface area contributed by atoms with Crippen LogP contribution in [0.25, 0.3) is 11.1 Å². The number of aliphatic carboxylic acids is 1. The molecule has 4 rings (SSSR count). The SMILES string of the molecule is CCCC[C@@H]1CN(Cc2cc(C)cc(CC(=O)O)c2)CCN1c1ccc(-c2cccc(F)c2)cn1. The van der Waals surface area contributed by atoms with Gasteiger partial charge in [-0.25, -0.2) is 9.37 Å². The number of aryl methyl sites for hydroxylation is 1. The number of hydrogen-bond acceptors (Lipinski definition) is 4. The molecule has 1 atom stereocenters. The Labute approximate surface area is 207 Å². The van der Waals surface area contributed by atoms with Crippen LogP contribution in [0.3, 0.4) is 0 Å². The van der Waals surface area contributed by atoms with Gasteiger partial charge in [0.05, 0.1) is 6.42 Å². The van der Waals surface area contributed by atoms with Crippen LogP contribution in [0.2, 0.25) is 0 Å². The van der Waals surface area contributed by atoms with E-state index in [2.05, 4.69) is 22.8 Å². The molecule has 2 aromatic carbocycles. The predicted molar refractivity (Wildman–Crippen MR) is 138 cm³/mol. The molecule has 0 aliphatic carbocycles. The van der Waals surface area contributed by atoms with Crippen LogP contribution in [0, 0.1) is 12.7 Å². The van der Waals surface area contributed by atoms with Gasteiger partial charge in [-0.3, -0.25) is 9.69 Å². The van der Waals surface area contributed by atoms with Gasteiger partial charge in [-0.2, -0.15) is 0 Å². The molecule has 1 aliphatic heterocycles. The smallest absolute Gasteiger partial charge is 0.307 e. The first-order valence-corrected chi connectivity index (χ1v) is 12.4. The van der Waals surface area contributed by atoms with Crippen molar-refractivity contribution in [3.8, 4) is 11.1 Å². The van der Waals surface area contributed by atoms with Gasteiger partial charge < -0.3 is 10.0 Å². The van der Waals surface area contributed by atoms with E-state index in [9.17, 15) is 14.3 Å². The molecule has 0 unspecified atom stereocenters. The van der Waals surface area contributed by atoms with E-state index in [1.165, 1.54) is 17.7 Å². The average molecular weight is 476 g/mol. The lowest BCUT2D eigenvalue weighted by Crippen LogP contribution is -2.53. The van der Waals surface area contributed by atoms with Gasteiger partial charge in [0.2, 0.25) is 0 Å². The van der Waals surface area contributed by atoms with E-state index in [4.69, 9.17) is 4.98 Å². The van der Waals surface area contributed by atoms with Crippen molar-refractivity contribution >= 4 is 11.8 Å². The Hall–Kier alpha value is -3.25. The number of carboxylic acids is 1. The number of carbonyl (C=O) groups is 1. The van der Waals surface area contributed by atoms with Gasteiger partial charge in [-0.15, -0.1) is 0 Å². The molecule has 184 valence electrons. The molecule has 0 amide bonds. The standard InChI is InChI=1S/C29H34FN3O2/c1-3-4-8-27-20-32(19-23-14-21(2)13-22(15-23)16-29(34)35)11-12-33(27)28-10-9-25(18-31-28)24-6-5-7-26(30)17-24/h5-7,9-10,13-15,17-18,27H,3-4,8,11-12,16,19-20H2,1-2H3,(H,34,35)/t27-/m1/s1. The second kappa shape index (κ2) is 11.5. The van der Waals surface area contributed by atoms with Gasteiger partial charge in [0.1, 0.15) is 11.6 Å². The third kappa shape index (κ3) is 6.67. The van der Waals surface area contributed by atoms with Crippen LogP contribution >= 0.6 is 0 Å². The number of aromatic nitrogens is 1. The molecule has 35 heavy (non-hydrogen) atoms. The molecular formula is C29H34FN3O2. The van der Waals surface area contributed by atoms with Crippen molar-refractivity contribution in [2.24, 2.45) is 0 Å². The van der Waals surface area contributed by atoms with Crippen LogP contribution in [0.15, 0.2) is 60.8 Å². The van der Waals surface area contributed by atoms with Crippen molar-refractivity contribution in [3.05, 3.63) is 83.3 Å². The van der Waals surface area contributed by atoms with Gasteiger partial charge in [0.25, 0.3) is 0 Å². The topological polar surface area (TPSA) is 56.7 Å². The molecule has 0 spiro atoms. The first kappa shape index (κ1) is 24.9. The third-order valence-electron chi connectivity index (χ3n) is 6.62. The second-order valence-electron chi connectivity index (χ2n) is 9.54. The van der Waals surface area contributed by atoms with E-state index in [-0.39, 0.29) is 12.2 Å². The van der Waals surface area contributed by atoms with E-state index in [0.29, 0.717) is 6.04 Å². The molecule has 3 aromatic rings. The number of unbranched alkanes of at least 4 members (excludes halogenated alkanes) is 1. The second-order valence-corrected chi connectivity index (χ2v) is 9.54. The minimum atomic E-state index is -0.800. The number of nitrogens with zero attached hydrogens (tertiary/aromatic N) is 3. The van der Waals surface area contributed by atoms with Gasteiger partial charge in [-0.1, -0.05) is 55.7 Å². The molecule has 5 nitrogen and oxygen atoms in total. The van der Waals surface area contributed by atoms with Crippen molar-refractivity contribution in [1.82, 2.24) is 9.88 Å². The Morgan fingerprint density at radius 3 is 2.63 bits per heavy atom. The lowest BCUT2D eigenvalue weighted by Gasteiger charge is -2.42. The maximum absolute atomic E-state index is 13.6. The van der Waals surface area contributed by atoms with Crippen molar-refractivity contribution < 1.29 is 14.3 Å². The van der Waals surface area contributed by atoms with Crippen LogP contribution in [0.5, 0.6) is 0 Å². The molecule has 1 aromatic heterocycles. The van der Waals surface area contributed by atoms with E-state index in [0.717, 1.165) is 73.5 Å². The largest absolute Gasteiger partial charge is 0.481 e. The molecule has 6 heteroatoms. The Bertz CT molecular complexity index is 1150. The highest BCUT2D eigenvalue weighted by Gasteiger charge is 2.27. The maximum atomic E-state index is 13.6. The first-order chi connectivity index (χ1) is 16.9. The number of benzene rings is 2. The van der Waals surface area contributed by atoms with E-state index < -0.39 is 5.97 Å². The minimum absolute atomic E-state index is 0.0544. The number of rotatable bonds is 9. The van der Waals surface area contributed by atoms with E-state index in [1.807, 2.05) is 43.5 Å². The number of carboxylic acid groups (broad SMARTS) is 1. The Morgan fingerprint density at radius 1 is 1.09 bits per heavy atom. The molecule has 0 radical (unpaired) electrons. The van der Waals surface area contributed by atoms with Gasteiger partial charge in [-0.05, 0) is 54.3 Å². The van der Waals surface area contributed by atoms with Crippen molar-refractivity contribution in [2.45, 2.75) is 52.1 Å². The Balaban J connectivity index is 1.47. The number of anilines is 1. The average Bonchev–Trinajstić information content (AvgIpc) is 2.82. The van der Waals surface area contributed by atoms with E-state index in [1.54, 1.807) is 6.07 Å².